The molecule has 3 atom stereocenters. The van der Waals surface area contributed by atoms with E-state index in [9.17, 15) is 5.11 Å². The van der Waals surface area contributed by atoms with Gasteiger partial charge in [0, 0.05) is 26.1 Å². The fraction of sp³-hybridized carbons (Fsp3) is 1.00. The summed E-state index contributed by atoms with van der Waals surface area (Å²) in [4.78, 5) is 2.43. The molecule has 0 aliphatic carbocycles. The van der Waals surface area contributed by atoms with Crippen LogP contribution in [0.15, 0.2) is 0 Å². The van der Waals surface area contributed by atoms with Crippen molar-refractivity contribution in [2.45, 2.75) is 95.4 Å². The van der Waals surface area contributed by atoms with E-state index in [1.807, 2.05) is 0 Å². The van der Waals surface area contributed by atoms with Gasteiger partial charge >= 0.3 is 0 Å². The van der Waals surface area contributed by atoms with Crippen molar-refractivity contribution >= 4 is 34.8 Å². The monoisotopic (exact) mass is 415 g/mol. The Hall–Kier alpha value is 0.790. The number of hydrogen-bond acceptors (Lipinski definition) is 2. The van der Waals surface area contributed by atoms with Gasteiger partial charge in [0.15, 0.2) is 3.79 Å². The number of aliphatic hydroxyl groups is 1. The molecule has 0 aromatic carbocycles. The summed E-state index contributed by atoms with van der Waals surface area (Å²) >= 11 is 17.6. The molecule has 0 radical (unpaired) electrons. The second-order valence-corrected chi connectivity index (χ2v) is 10.0. The van der Waals surface area contributed by atoms with Gasteiger partial charge in [0.05, 0.1) is 6.10 Å². The zero-order valence-electron chi connectivity index (χ0n) is 16.7. The van der Waals surface area contributed by atoms with Gasteiger partial charge in [0.25, 0.3) is 0 Å². The molecule has 0 spiro atoms. The molecule has 1 N–H and O–H groups in total. The minimum Gasteiger partial charge on any atom is -0.392 e. The molecule has 5 heteroatoms. The standard InChI is InChI=1S/C20H40Cl3NO/c1-5-9-11-17(7-3)14-24(15-18(8-4)12-10-6-2)16-19(25)13-20(21,22)23/h17-19,25H,5-16H2,1-4H3. The maximum atomic E-state index is 10.4. The molecule has 0 aromatic rings. The summed E-state index contributed by atoms with van der Waals surface area (Å²) in [6.07, 6.45) is 9.50. The SMILES string of the molecule is CCCCC(CC)CN(CC(O)CC(Cl)(Cl)Cl)CC(CC)CCCC. The summed E-state index contributed by atoms with van der Waals surface area (Å²) in [5.41, 5.74) is 0. The number of unbranched alkanes of at least 4 members (excludes halogenated alkanes) is 2. The zero-order valence-corrected chi connectivity index (χ0v) is 19.0. The van der Waals surface area contributed by atoms with E-state index in [2.05, 4.69) is 32.6 Å². The van der Waals surface area contributed by atoms with Gasteiger partial charge in [-0.3, -0.25) is 0 Å². The van der Waals surface area contributed by atoms with Crippen molar-refractivity contribution in [2.75, 3.05) is 19.6 Å². The number of aliphatic hydroxyl groups excluding tert-OH is 1. The van der Waals surface area contributed by atoms with Crippen LogP contribution in [-0.2, 0) is 0 Å². The average Bonchev–Trinajstić information content (AvgIpc) is 2.52. The molecule has 0 aliphatic rings. The fourth-order valence-corrected chi connectivity index (χ4v) is 3.95. The van der Waals surface area contributed by atoms with Crippen molar-refractivity contribution in [3.8, 4) is 0 Å². The highest BCUT2D eigenvalue weighted by Crippen LogP contribution is 2.31. The van der Waals surface area contributed by atoms with Crippen LogP contribution in [0.2, 0.25) is 0 Å². The first kappa shape index (κ1) is 25.8. The van der Waals surface area contributed by atoms with E-state index in [0.717, 1.165) is 13.1 Å². The molecular weight excluding hydrogens is 377 g/mol. The van der Waals surface area contributed by atoms with Crippen molar-refractivity contribution in [1.82, 2.24) is 4.90 Å². The summed E-state index contributed by atoms with van der Waals surface area (Å²) in [5.74, 6) is 1.37. The summed E-state index contributed by atoms with van der Waals surface area (Å²) in [5, 5.41) is 10.4. The number of nitrogens with zero attached hydrogens (tertiary/aromatic N) is 1. The lowest BCUT2D eigenvalue weighted by atomic mass is 9.95. The quantitative estimate of drug-likeness (QED) is 0.295. The van der Waals surface area contributed by atoms with Gasteiger partial charge in [-0.15, -0.1) is 0 Å². The molecule has 25 heavy (non-hydrogen) atoms. The Morgan fingerprint density at radius 1 is 0.800 bits per heavy atom. The minimum atomic E-state index is -1.39. The first-order valence-corrected chi connectivity index (χ1v) is 11.4. The highest BCUT2D eigenvalue weighted by molar-refractivity contribution is 6.67. The van der Waals surface area contributed by atoms with Gasteiger partial charge in [-0.25, -0.2) is 0 Å². The van der Waals surface area contributed by atoms with Crippen LogP contribution in [0.1, 0.15) is 85.5 Å². The molecule has 0 saturated carbocycles. The predicted molar refractivity (Wildman–Crippen MR) is 114 cm³/mol. The molecule has 2 nitrogen and oxygen atoms in total. The summed E-state index contributed by atoms with van der Waals surface area (Å²) in [7, 11) is 0. The third-order valence-electron chi connectivity index (χ3n) is 5.06. The smallest absolute Gasteiger partial charge is 0.193 e. The van der Waals surface area contributed by atoms with Crippen LogP contribution in [0.5, 0.6) is 0 Å². The van der Waals surface area contributed by atoms with Crippen LogP contribution in [0.3, 0.4) is 0 Å². The molecule has 0 aromatic heterocycles. The highest BCUT2D eigenvalue weighted by atomic mass is 35.6. The summed E-state index contributed by atoms with van der Waals surface area (Å²) in [6, 6.07) is 0. The van der Waals surface area contributed by atoms with E-state index in [-0.39, 0.29) is 6.42 Å². The summed E-state index contributed by atoms with van der Waals surface area (Å²) < 4.78 is -1.39. The van der Waals surface area contributed by atoms with Crippen LogP contribution in [0, 0.1) is 11.8 Å². The Kier molecular flexibility index (Phi) is 15.3. The highest BCUT2D eigenvalue weighted by Gasteiger charge is 2.27. The third kappa shape index (κ3) is 14.5. The van der Waals surface area contributed by atoms with Crippen molar-refractivity contribution in [3.63, 3.8) is 0 Å². The summed E-state index contributed by atoms with van der Waals surface area (Å²) in [6.45, 7) is 11.7. The average molecular weight is 417 g/mol. The van der Waals surface area contributed by atoms with Gasteiger partial charge < -0.3 is 10.0 Å². The lowest BCUT2D eigenvalue weighted by Gasteiger charge is -2.32. The molecule has 0 bridgehead atoms. The van der Waals surface area contributed by atoms with Crippen molar-refractivity contribution < 1.29 is 5.11 Å². The molecule has 0 saturated heterocycles. The minimum absolute atomic E-state index is 0.186. The topological polar surface area (TPSA) is 23.5 Å². The molecule has 0 rings (SSSR count). The van der Waals surface area contributed by atoms with Crippen molar-refractivity contribution in [2.24, 2.45) is 11.8 Å². The number of halogens is 3. The van der Waals surface area contributed by atoms with Crippen LogP contribution in [0.25, 0.3) is 0 Å². The van der Waals surface area contributed by atoms with Gasteiger partial charge in [-0.05, 0) is 24.7 Å². The Labute approximate surface area is 171 Å². The van der Waals surface area contributed by atoms with Crippen LogP contribution in [0.4, 0.5) is 0 Å². The van der Waals surface area contributed by atoms with Gasteiger partial charge in [-0.2, -0.15) is 0 Å². The number of rotatable bonds is 15. The zero-order chi connectivity index (χ0) is 19.3. The van der Waals surface area contributed by atoms with E-state index in [4.69, 9.17) is 34.8 Å². The van der Waals surface area contributed by atoms with Crippen molar-refractivity contribution in [3.05, 3.63) is 0 Å². The van der Waals surface area contributed by atoms with E-state index in [1.54, 1.807) is 0 Å². The van der Waals surface area contributed by atoms with E-state index < -0.39 is 9.90 Å². The molecule has 0 aliphatic heterocycles. The number of alkyl halides is 3. The largest absolute Gasteiger partial charge is 0.392 e. The second-order valence-electron chi connectivity index (χ2n) is 7.52. The molecule has 3 unspecified atom stereocenters. The van der Waals surface area contributed by atoms with E-state index in [1.165, 1.54) is 51.4 Å². The maximum absolute atomic E-state index is 10.4. The molecule has 0 amide bonds. The normalized spacial score (nSPS) is 16.2. The molecular formula is C20H40Cl3NO. The lowest BCUT2D eigenvalue weighted by Crippen LogP contribution is -2.40. The van der Waals surface area contributed by atoms with Gasteiger partial charge in [0.2, 0.25) is 0 Å². The van der Waals surface area contributed by atoms with Gasteiger partial charge in [-0.1, -0.05) is 101 Å². The Bertz CT molecular complexity index is 292. The van der Waals surface area contributed by atoms with Crippen molar-refractivity contribution in [1.29, 1.82) is 0 Å². The predicted octanol–water partition coefficient (Wildman–Crippen LogP) is 6.84. The molecule has 0 heterocycles. The van der Waals surface area contributed by atoms with Crippen LogP contribution in [-0.4, -0.2) is 39.5 Å². The fourth-order valence-electron chi connectivity index (χ4n) is 3.42. The van der Waals surface area contributed by atoms with Crippen LogP contribution >= 0.6 is 34.8 Å². The molecule has 152 valence electrons. The van der Waals surface area contributed by atoms with Crippen LogP contribution < -0.4 is 0 Å². The molecule has 0 fully saturated rings. The van der Waals surface area contributed by atoms with E-state index in [0.29, 0.717) is 18.4 Å². The second kappa shape index (κ2) is 14.8. The first-order valence-electron chi connectivity index (χ1n) is 10.2. The first-order chi connectivity index (χ1) is 11.8. The Morgan fingerprint density at radius 3 is 1.56 bits per heavy atom. The Balaban J connectivity index is 4.82. The lowest BCUT2D eigenvalue weighted by molar-refractivity contribution is 0.0833. The maximum Gasteiger partial charge on any atom is 0.193 e. The van der Waals surface area contributed by atoms with E-state index >= 15 is 0 Å². The third-order valence-corrected chi connectivity index (χ3v) is 5.52. The number of hydrogen-bond donors (Lipinski definition) is 1. The Morgan fingerprint density at radius 2 is 1.24 bits per heavy atom. The van der Waals surface area contributed by atoms with Gasteiger partial charge in [0.1, 0.15) is 0 Å².